The summed E-state index contributed by atoms with van der Waals surface area (Å²) >= 11 is -1.29. The van der Waals surface area contributed by atoms with Crippen LogP contribution in [0, 0.1) is 10.1 Å². The van der Waals surface area contributed by atoms with Gasteiger partial charge in [-0.25, -0.2) is 0 Å². The maximum Gasteiger partial charge on any atom is 0.546 e. The van der Waals surface area contributed by atoms with Gasteiger partial charge < -0.3 is 3.79 Å². The van der Waals surface area contributed by atoms with Crippen molar-refractivity contribution in [1.29, 1.82) is 0 Å². The zero-order valence-corrected chi connectivity index (χ0v) is 10.1. The minimum atomic E-state index is -1.29. The van der Waals surface area contributed by atoms with Crippen LogP contribution in [0.5, 0.6) is 5.75 Å². The molecule has 0 radical (unpaired) electrons. The molecule has 0 aromatic heterocycles. The molecule has 0 atom stereocenters. The average molecular weight is 223 g/mol. The molecule has 0 amide bonds. The van der Waals surface area contributed by atoms with Gasteiger partial charge >= 0.3 is 20.2 Å². The first-order valence-electron chi connectivity index (χ1n) is 5.09. The molecule has 0 heterocycles. The maximum atomic E-state index is 10.7. The van der Waals surface area contributed by atoms with Gasteiger partial charge in [-0.3, -0.25) is 10.1 Å². The highest BCUT2D eigenvalue weighted by molar-refractivity contribution is 6.52. The number of hydrogen-bond acceptors (Lipinski definition) is 3. The Bertz CT molecular complexity index is 339. The van der Waals surface area contributed by atoms with Gasteiger partial charge in [-0.2, -0.15) is 0 Å². The molecule has 5 heteroatoms. The Morgan fingerprint density at radius 3 is 2.47 bits per heavy atom. The first kappa shape index (κ1) is 12.0. The Labute approximate surface area is 93.7 Å². The zero-order valence-electron chi connectivity index (χ0n) is 8.97. The molecule has 0 aliphatic heterocycles. The summed E-state index contributed by atoms with van der Waals surface area (Å²) in [5.41, 5.74) is 0.0666. The molecule has 0 saturated heterocycles. The molecular weight excluding hydrogens is 209 g/mol. The first-order chi connectivity index (χ1) is 7.19. The topological polar surface area (TPSA) is 52.4 Å². The standard InChI is InChI=1S/C6H5NO3.2C2H5.Al/c8-6-4-2-1-3-5(6)7(9)10;2*1-2;/h1-4,8H;2*1H2,2H3;/q;;;+1/p-1. The molecule has 0 bridgehead atoms. The summed E-state index contributed by atoms with van der Waals surface area (Å²) < 4.78 is 5.70. The number of benzene rings is 1. The number of nitro groups is 1. The molecule has 1 rings (SSSR count). The van der Waals surface area contributed by atoms with Crippen molar-refractivity contribution in [1.82, 2.24) is 0 Å². The van der Waals surface area contributed by atoms with Crippen LogP contribution in [0.15, 0.2) is 24.3 Å². The van der Waals surface area contributed by atoms with Gasteiger partial charge in [0, 0.05) is 6.07 Å². The second kappa shape index (κ2) is 5.74. The van der Waals surface area contributed by atoms with E-state index in [4.69, 9.17) is 3.79 Å². The summed E-state index contributed by atoms with van der Waals surface area (Å²) in [6.45, 7) is 4.13. The smallest absolute Gasteiger partial charge is 0.546 e. The summed E-state index contributed by atoms with van der Waals surface area (Å²) in [6, 6.07) is 6.56. The van der Waals surface area contributed by atoms with Crippen LogP contribution >= 0.6 is 0 Å². The molecule has 0 aliphatic carbocycles. The predicted octanol–water partition coefficient (Wildman–Crippen LogP) is 3.00. The lowest BCUT2D eigenvalue weighted by Crippen LogP contribution is -2.19. The van der Waals surface area contributed by atoms with E-state index in [1.54, 1.807) is 18.2 Å². The van der Waals surface area contributed by atoms with Crippen molar-refractivity contribution in [3.8, 4) is 5.75 Å². The Hall–Kier alpha value is -1.05. The lowest BCUT2D eigenvalue weighted by atomic mass is 10.3. The third-order valence-corrected chi connectivity index (χ3v) is 4.67. The molecule has 1 aromatic rings. The van der Waals surface area contributed by atoms with Crippen molar-refractivity contribution in [2.45, 2.75) is 24.4 Å². The summed E-state index contributed by atoms with van der Waals surface area (Å²) in [5, 5.41) is 12.7. The second-order valence-corrected chi connectivity index (χ2v) is 6.39. The molecule has 0 spiro atoms. The fourth-order valence-electron chi connectivity index (χ4n) is 1.34. The van der Waals surface area contributed by atoms with E-state index in [9.17, 15) is 10.1 Å². The fraction of sp³-hybridized carbons (Fsp3) is 0.400. The van der Waals surface area contributed by atoms with Crippen LogP contribution in [0.3, 0.4) is 0 Å². The molecule has 4 nitrogen and oxygen atoms in total. The zero-order chi connectivity index (χ0) is 11.3. The van der Waals surface area contributed by atoms with Gasteiger partial charge in [0.25, 0.3) is 0 Å². The second-order valence-electron chi connectivity index (χ2n) is 3.28. The molecule has 1 aromatic carbocycles. The van der Waals surface area contributed by atoms with Crippen LogP contribution in [0.2, 0.25) is 10.6 Å². The molecule has 0 fully saturated rings. The summed E-state index contributed by atoms with van der Waals surface area (Å²) in [6.07, 6.45) is 0. The number of para-hydroxylation sites is 2. The lowest BCUT2D eigenvalue weighted by molar-refractivity contribution is -0.385. The van der Waals surface area contributed by atoms with Crippen molar-refractivity contribution < 1.29 is 8.71 Å². The minimum Gasteiger partial charge on any atom is -0.638 e. The molecule has 80 valence electrons. The van der Waals surface area contributed by atoms with Crippen LogP contribution in [-0.4, -0.2) is 19.4 Å². The van der Waals surface area contributed by atoms with Gasteiger partial charge in [-0.1, -0.05) is 36.5 Å². The van der Waals surface area contributed by atoms with Gasteiger partial charge in [0.15, 0.2) is 5.75 Å². The van der Waals surface area contributed by atoms with Crippen LogP contribution < -0.4 is 3.79 Å². The van der Waals surface area contributed by atoms with Crippen molar-refractivity contribution in [3.63, 3.8) is 0 Å². The monoisotopic (exact) mass is 223 g/mol. The van der Waals surface area contributed by atoms with Crippen LogP contribution in [-0.2, 0) is 0 Å². The molecule has 0 N–H and O–H groups in total. The quantitative estimate of drug-likeness (QED) is 0.438. The van der Waals surface area contributed by atoms with Crippen molar-refractivity contribution in [2.75, 3.05) is 0 Å². The lowest BCUT2D eigenvalue weighted by Gasteiger charge is -2.11. The van der Waals surface area contributed by atoms with Crippen molar-refractivity contribution >= 4 is 20.2 Å². The fourth-order valence-corrected chi connectivity index (χ4v) is 2.81. The molecule has 0 unspecified atom stereocenters. The van der Waals surface area contributed by atoms with Crippen molar-refractivity contribution in [3.05, 3.63) is 34.4 Å². The summed E-state index contributed by atoms with van der Waals surface area (Å²) in [7, 11) is 0. The normalized spacial score (nSPS) is 9.73. The van der Waals surface area contributed by atoms with Gasteiger partial charge in [0.05, 0.1) is 4.92 Å². The van der Waals surface area contributed by atoms with Gasteiger partial charge in [-0.05, 0) is 6.07 Å². The summed E-state index contributed by atoms with van der Waals surface area (Å²) in [5.74, 6) is 0.419. The van der Waals surface area contributed by atoms with Crippen LogP contribution in [0.25, 0.3) is 0 Å². The van der Waals surface area contributed by atoms with Gasteiger partial charge in [0.2, 0.25) is 0 Å². The highest BCUT2D eigenvalue weighted by Crippen LogP contribution is 2.27. The van der Waals surface area contributed by atoms with Gasteiger partial charge in [-0.15, -0.1) is 0 Å². The maximum absolute atomic E-state index is 10.7. The van der Waals surface area contributed by atoms with E-state index in [-0.39, 0.29) is 5.69 Å². The largest absolute Gasteiger partial charge is 0.638 e. The Balaban J connectivity index is 2.88. The number of nitrogens with zero attached hydrogens (tertiary/aromatic N) is 1. The number of hydrogen-bond donors (Lipinski definition) is 0. The highest BCUT2D eigenvalue weighted by Gasteiger charge is 2.22. The number of nitro benzene ring substituents is 1. The predicted molar refractivity (Wildman–Crippen MR) is 60.4 cm³/mol. The van der Waals surface area contributed by atoms with E-state index >= 15 is 0 Å². The minimum absolute atomic E-state index is 0.0666. The van der Waals surface area contributed by atoms with E-state index in [0.717, 1.165) is 10.6 Å². The Morgan fingerprint density at radius 1 is 1.33 bits per heavy atom. The highest BCUT2D eigenvalue weighted by atomic mass is 27.2. The first-order valence-corrected chi connectivity index (χ1v) is 7.19. The SMILES string of the molecule is C[CH2][Al]([CH2]C)[O]c1ccccc1[N+](=O)[O-]. The van der Waals surface area contributed by atoms with E-state index in [0.29, 0.717) is 5.75 Å². The Kier molecular flexibility index (Phi) is 4.60. The Morgan fingerprint density at radius 2 is 1.93 bits per heavy atom. The van der Waals surface area contributed by atoms with E-state index in [2.05, 4.69) is 13.8 Å². The summed E-state index contributed by atoms with van der Waals surface area (Å²) in [4.78, 5) is 10.3. The molecule has 15 heavy (non-hydrogen) atoms. The van der Waals surface area contributed by atoms with Crippen molar-refractivity contribution in [2.24, 2.45) is 0 Å². The third kappa shape index (κ3) is 3.22. The van der Waals surface area contributed by atoms with Crippen LogP contribution in [0.1, 0.15) is 13.8 Å². The molecule has 0 saturated carbocycles. The number of rotatable bonds is 5. The van der Waals surface area contributed by atoms with E-state index in [1.165, 1.54) is 6.07 Å². The van der Waals surface area contributed by atoms with E-state index in [1.807, 2.05) is 0 Å². The van der Waals surface area contributed by atoms with Gasteiger partial charge in [0.1, 0.15) is 0 Å². The molecule has 0 aliphatic rings. The third-order valence-electron chi connectivity index (χ3n) is 2.27. The van der Waals surface area contributed by atoms with Crippen LogP contribution in [0.4, 0.5) is 5.69 Å². The average Bonchev–Trinajstić information content (AvgIpc) is 2.26. The van der Waals surface area contributed by atoms with E-state index < -0.39 is 19.4 Å². The molecular formula is C10H14AlNO3.